The highest BCUT2D eigenvalue weighted by molar-refractivity contribution is 5.99. The Morgan fingerprint density at radius 3 is 2.42 bits per heavy atom. The molecule has 1 aromatic rings. The molecule has 1 aromatic heterocycles. The van der Waals surface area contributed by atoms with Gasteiger partial charge in [-0.05, 0) is 38.4 Å². The van der Waals surface area contributed by atoms with Gasteiger partial charge in [0.25, 0.3) is 18.9 Å². The van der Waals surface area contributed by atoms with Crippen LogP contribution in [0.15, 0.2) is 18.3 Å². The number of anilines is 1. The first-order valence-electron chi connectivity index (χ1n) is 12.2. The van der Waals surface area contributed by atoms with E-state index in [2.05, 4.69) is 26.7 Å². The van der Waals surface area contributed by atoms with E-state index in [-0.39, 0.29) is 37.0 Å². The molecule has 12 nitrogen and oxygen atoms in total. The van der Waals surface area contributed by atoms with Gasteiger partial charge in [-0.3, -0.25) is 19.3 Å². The summed E-state index contributed by atoms with van der Waals surface area (Å²) in [4.78, 5) is 43.5. The van der Waals surface area contributed by atoms with Crippen molar-refractivity contribution in [1.29, 1.82) is 0 Å². The average molecular weight is 510 g/mol. The fourth-order valence-electron chi connectivity index (χ4n) is 5.42. The van der Waals surface area contributed by atoms with E-state index < -0.39 is 0 Å². The van der Waals surface area contributed by atoms with Crippen molar-refractivity contribution < 1.29 is 34.8 Å². The van der Waals surface area contributed by atoms with Gasteiger partial charge in [0.1, 0.15) is 5.82 Å². The van der Waals surface area contributed by atoms with E-state index in [1.54, 1.807) is 6.20 Å². The van der Waals surface area contributed by atoms with Crippen LogP contribution in [0.25, 0.3) is 0 Å². The van der Waals surface area contributed by atoms with Gasteiger partial charge in [-0.25, -0.2) is 4.98 Å². The highest BCUT2D eigenvalue weighted by atomic mass is 16.3. The number of β-amino-alcohol motifs (C(OH)–C–C–N with tert-alkyl or cyclic N) is 1. The standard InChI is InChI=1S/C22H35N5O3.2CH2O2/c1-24-9-5-19(29)22(16-24)6-3-8-27(17-22)21(30)18-4-2-7-23-20(18)26-12-10-25(11-13-26)14-15-28;2*2-1-3/h2,4,7,19,28-29H,3,5-6,8-17H2,1H3;2*1H,(H,2,3)/t19-,22-;;/m0../s1. The fraction of sp³-hybridized carbons (Fsp3) is 0.667. The van der Waals surface area contributed by atoms with Gasteiger partial charge in [-0.15, -0.1) is 0 Å². The summed E-state index contributed by atoms with van der Waals surface area (Å²) in [6.07, 6.45) is 4.07. The summed E-state index contributed by atoms with van der Waals surface area (Å²) in [5.41, 5.74) is 0.433. The Bertz CT molecular complexity index is 831. The van der Waals surface area contributed by atoms with Crippen LogP contribution >= 0.6 is 0 Å². The Labute approximate surface area is 211 Å². The Balaban J connectivity index is 0.000000693. The number of pyridine rings is 1. The van der Waals surface area contributed by atoms with Gasteiger partial charge >= 0.3 is 0 Å². The molecule has 0 saturated carbocycles. The lowest BCUT2D eigenvalue weighted by molar-refractivity contribution is -0.123. The summed E-state index contributed by atoms with van der Waals surface area (Å²) in [5.74, 6) is 0.780. The molecule has 36 heavy (non-hydrogen) atoms. The minimum Gasteiger partial charge on any atom is -0.483 e. The van der Waals surface area contributed by atoms with Crippen molar-refractivity contribution in [2.45, 2.75) is 25.4 Å². The smallest absolute Gasteiger partial charge is 0.290 e. The van der Waals surface area contributed by atoms with Crippen LogP contribution in [0.3, 0.4) is 0 Å². The second-order valence-corrected chi connectivity index (χ2v) is 9.37. The minimum absolute atomic E-state index is 0.0235. The molecular formula is C24H39N5O7. The maximum atomic E-state index is 13.6. The average Bonchev–Trinajstić information content (AvgIpc) is 2.88. The number of carboxylic acid groups (broad SMARTS) is 2. The predicted molar refractivity (Wildman–Crippen MR) is 133 cm³/mol. The van der Waals surface area contributed by atoms with Crippen molar-refractivity contribution in [1.82, 2.24) is 19.7 Å². The third-order valence-corrected chi connectivity index (χ3v) is 7.08. The van der Waals surface area contributed by atoms with E-state index in [0.717, 1.165) is 70.9 Å². The topological polar surface area (TPSA) is 158 Å². The molecule has 2 atom stereocenters. The molecule has 3 saturated heterocycles. The van der Waals surface area contributed by atoms with Gasteiger partial charge in [0.2, 0.25) is 0 Å². The number of rotatable bonds is 4. The number of piperidine rings is 2. The van der Waals surface area contributed by atoms with Crippen LogP contribution in [0.2, 0.25) is 0 Å². The van der Waals surface area contributed by atoms with E-state index in [1.807, 2.05) is 17.0 Å². The molecule has 3 fully saturated rings. The van der Waals surface area contributed by atoms with Crippen LogP contribution in [0.5, 0.6) is 0 Å². The predicted octanol–water partition coefficient (Wildman–Crippen LogP) is -0.484. The molecule has 0 aromatic carbocycles. The summed E-state index contributed by atoms with van der Waals surface area (Å²) < 4.78 is 0. The quantitative estimate of drug-likeness (QED) is 0.388. The molecule has 0 unspecified atom stereocenters. The molecule has 1 spiro atoms. The zero-order valence-corrected chi connectivity index (χ0v) is 20.9. The third kappa shape index (κ3) is 7.60. The number of hydrogen-bond donors (Lipinski definition) is 4. The normalized spacial score (nSPS) is 24.7. The molecular weight excluding hydrogens is 470 g/mol. The van der Waals surface area contributed by atoms with Crippen LogP contribution in [-0.4, -0.2) is 138 Å². The maximum absolute atomic E-state index is 13.6. The van der Waals surface area contributed by atoms with Gasteiger partial charge in [0.15, 0.2) is 0 Å². The molecule has 12 heteroatoms. The SMILES string of the molecule is CN1CC[C@H](O)[C@@]2(CCCN(C(=O)c3cccnc3N3CCN(CCO)CC3)C2)C1.O=CO.O=CO. The number of piperazine rings is 1. The number of aliphatic hydroxyl groups excluding tert-OH is 2. The Hall–Kier alpha value is -2.80. The molecule has 3 aliphatic rings. The van der Waals surface area contributed by atoms with E-state index in [4.69, 9.17) is 24.9 Å². The summed E-state index contributed by atoms with van der Waals surface area (Å²) in [5, 5.41) is 33.7. The molecule has 0 radical (unpaired) electrons. The van der Waals surface area contributed by atoms with E-state index in [1.165, 1.54) is 0 Å². The molecule has 202 valence electrons. The highest BCUT2D eigenvalue weighted by Crippen LogP contribution is 2.39. The first-order valence-corrected chi connectivity index (χ1v) is 12.2. The molecule has 0 aliphatic carbocycles. The van der Waals surface area contributed by atoms with Crippen molar-refractivity contribution in [3.63, 3.8) is 0 Å². The van der Waals surface area contributed by atoms with Gasteiger partial charge in [0, 0.05) is 70.5 Å². The zero-order chi connectivity index (χ0) is 26.6. The minimum atomic E-state index is -0.350. The van der Waals surface area contributed by atoms with Crippen molar-refractivity contribution in [3.8, 4) is 0 Å². The zero-order valence-electron chi connectivity index (χ0n) is 20.9. The lowest BCUT2D eigenvalue weighted by Crippen LogP contribution is -2.59. The van der Waals surface area contributed by atoms with Gasteiger partial charge in [-0.1, -0.05) is 0 Å². The molecule has 4 heterocycles. The Morgan fingerprint density at radius 1 is 1.11 bits per heavy atom. The van der Waals surface area contributed by atoms with Gasteiger partial charge in [-0.2, -0.15) is 0 Å². The van der Waals surface area contributed by atoms with E-state index >= 15 is 0 Å². The Morgan fingerprint density at radius 2 is 1.78 bits per heavy atom. The van der Waals surface area contributed by atoms with Crippen LogP contribution in [0, 0.1) is 5.41 Å². The largest absolute Gasteiger partial charge is 0.483 e. The van der Waals surface area contributed by atoms with Crippen LogP contribution < -0.4 is 4.90 Å². The number of amides is 1. The highest BCUT2D eigenvalue weighted by Gasteiger charge is 2.46. The van der Waals surface area contributed by atoms with Crippen LogP contribution in [0.4, 0.5) is 5.82 Å². The summed E-state index contributed by atoms with van der Waals surface area (Å²) >= 11 is 0. The van der Waals surface area contributed by atoms with Crippen molar-refractivity contribution in [2.75, 3.05) is 77.5 Å². The third-order valence-electron chi connectivity index (χ3n) is 7.08. The number of hydrogen-bond acceptors (Lipinski definition) is 9. The molecule has 1 amide bonds. The van der Waals surface area contributed by atoms with E-state index in [0.29, 0.717) is 18.7 Å². The first kappa shape index (κ1) is 29.4. The van der Waals surface area contributed by atoms with Crippen molar-refractivity contribution in [3.05, 3.63) is 23.9 Å². The van der Waals surface area contributed by atoms with E-state index in [9.17, 15) is 9.90 Å². The first-order chi connectivity index (χ1) is 17.3. The van der Waals surface area contributed by atoms with Crippen LogP contribution in [0.1, 0.15) is 29.6 Å². The van der Waals surface area contributed by atoms with Gasteiger partial charge in [0.05, 0.1) is 18.3 Å². The number of aromatic nitrogens is 1. The number of carbonyl (C=O) groups is 3. The van der Waals surface area contributed by atoms with Crippen molar-refractivity contribution in [2.24, 2.45) is 5.41 Å². The second kappa shape index (κ2) is 14.7. The fourth-order valence-corrected chi connectivity index (χ4v) is 5.42. The van der Waals surface area contributed by atoms with Gasteiger partial charge < -0.3 is 35.1 Å². The molecule has 0 bridgehead atoms. The maximum Gasteiger partial charge on any atom is 0.290 e. The Kier molecular flexibility index (Phi) is 12.0. The second-order valence-electron chi connectivity index (χ2n) is 9.37. The monoisotopic (exact) mass is 509 g/mol. The number of nitrogens with zero attached hydrogens (tertiary/aromatic N) is 5. The number of aliphatic hydroxyl groups is 2. The molecule has 4 rings (SSSR count). The summed E-state index contributed by atoms with van der Waals surface area (Å²) in [6, 6.07) is 3.72. The number of likely N-dealkylation sites (tertiary alicyclic amines) is 2. The summed E-state index contributed by atoms with van der Waals surface area (Å²) in [6.45, 7) is 6.75. The van der Waals surface area contributed by atoms with Crippen molar-refractivity contribution >= 4 is 24.7 Å². The summed E-state index contributed by atoms with van der Waals surface area (Å²) in [7, 11) is 2.10. The molecule has 3 aliphatic heterocycles. The number of carbonyl (C=O) groups excluding carboxylic acids is 1. The molecule has 4 N–H and O–H groups in total. The lowest BCUT2D eigenvalue weighted by atomic mass is 9.71. The van der Waals surface area contributed by atoms with Crippen LogP contribution in [-0.2, 0) is 9.59 Å². The lowest BCUT2D eigenvalue weighted by Gasteiger charge is -2.50.